The SMILES string of the molecule is O=C(Cc1ccccc1[N+](=O)[O-])NN=Cc1ccc(-c2ccc(Cl)c(Cl)c2)o1. The number of nitrogens with one attached hydrogen (secondary N) is 1. The van der Waals surface area contributed by atoms with Crippen molar-refractivity contribution in [2.45, 2.75) is 6.42 Å². The normalized spacial score (nSPS) is 10.9. The second-order valence-electron chi connectivity index (χ2n) is 5.69. The second kappa shape index (κ2) is 8.69. The number of hydrogen-bond acceptors (Lipinski definition) is 5. The summed E-state index contributed by atoms with van der Waals surface area (Å²) < 4.78 is 5.62. The van der Waals surface area contributed by atoms with Gasteiger partial charge >= 0.3 is 0 Å². The molecule has 1 aromatic heterocycles. The molecule has 7 nitrogen and oxygen atoms in total. The zero-order valence-electron chi connectivity index (χ0n) is 14.3. The molecule has 9 heteroatoms. The first-order chi connectivity index (χ1) is 13.4. The Kier molecular flexibility index (Phi) is 6.08. The molecule has 0 unspecified atom stereocenters. The van der Waals surface area contributed by atoms with Crippen LogP contribution < -0.4 is 5.43 Å². The molecule has 0 spiro atoms. The van der Waals surface area contributed by atoms with E-state index in [-0.39, 0.29) is 12.1 Å². The van der Waals surface area contributed by atoms with Crippen LogP contribution in [0.2, 0.25) is 10.0 Å². The third-order valence-electron chi connectivity index (χ3n) is 3.75. The molecule has 1 heterocycles. The van der Waals surface area contributed by atoms with Crippen LogP contribution in [0.25, 0.3) is 11.3 Å². The Morgan fingerprint density at radius 1 is 1.14 bits per heavy atom. The Morgan fingerprint density at radius 3 is 2.68 bits per heavy atom. The lowest BCUT2D eigenvalue weighted by atomic mass is 10.1. The van der Waals surface area contributed by atoms with Crippen molar-refractivity contribution in [2.24, 2.45) is 5.10 Å². The van der Waals surface area contributed by atoms with Crippen molar-refractivity contribution in [2.75, 3.05) is 0 Å². The molecule has 28 heavy (non-hydrogen) atoms. The Hall–Kier alpha value is -3.16. The number of nitro groups is 1. The maximum atomic E-state index is 12.0. The molecule has 0 aliphatic carbocycles. The van der Waals surface area contributed by atoms with Crippen LogP contribution in [0.5, 0.6) is 0 Å². The summed E-state index contributed by atoms with van der Waals surface area (Å²) in [6.45, 7) is 0. The summed E-state index contributed by atoms with van der Waals surface area (Å²) in [4.78, 5) is 22.4. The van der Waals surface area contributed by atoms with Crippen molar-refractivity contribution in [3.63, 3.8) is 0 Å². The molecule has 0 saturated heterocycles. The topological polar surface area (TPSA) is 97.7 Å². The molecule has 0 saturated carbocycles. The first-order valence-corrected chi connectivity index (χ1v) is 8.79. The van der Waals surface area contributed by atoms with E-state index in [1.54, 1.807) is 42.5 Å². The third-order valence-corrected chi connectivity index (χ3v) is 4.49. The average Bonchev–Trinajstić information content (AvgIpc) is 3.13. The van der Waals surface area contributed by atoms with Crippen molar-refractivity contribution in [3.05, 3.63) is 86.1 Å². The van der Waals surface area contributed by atoms with Crippen LogP contribution in [-0.2, 0) is 11.2 Å². The molecule has 142 valence electrons. The van der Waals surface area contributed by atoms with Gasteiger partial charge in [-0.25, -0.2) is 5.43 Å². The minimum absolute atomic E-state index is 0.112. The van der Waals surface area contributed by atoms with E-state index < -0.39 is 10.8 Å². The molecule has 0 bridgehead atoms. The highest BCUT2D eigenvalue weighted by atomic mass is 35.5. The van der Waals surface area contributed by atoms with Gasteiger partial charge in [0.15, 0.2) is 0 Å². The molecular weight excluding hydrogens is 405 g/mol. The zero-order chi connectivity index (χ0) is 20.1. The van der Waals surface area contributed by atoms with Crippen LogP contribution in [0.3, 0.4) is 0 Å². The van der Waals surface area contributed by atoms with Crippen molar-refractivity contribution >= 4 is 41.0 Å². The number of carbonyl (C=O) groups is 1. The number of nitro benzene ring substituents is 1. The fourth-order valence-electron chi connectivity index (χ4n) is 2.45. The number of rotatable bonds is 6. The van der Waals surface area contributed by atoms with Gasteiger partial charge in [0.2, 0.25) is 5.91 Å². The van der Waals surface area contributed by atoms with Gasteiger partial charge in [0.05, 0.1) is 27.6 Å². The van der Waals surface area contributed by atoms with Gasteiger partial charge in [-0.1, -0.05) is 41.4 Å². The van der Waals surface area contributed by atoms with Gasteiger partial charge < -0.3 is 4.42 Å². The fourth-order valence-corrected chi connectivity index (χ4v) is 2.74. The molecular formula is C19H13Cl2N3O4. The smallest absolute Gasteiger partial charge is 0.273 e. The average molecular weight is 418 g/mol. The van der Waals surface area contributed by atoms with Gasteiger partial charge in [-0.2, -0.15) is 5.10 Å². The summed E-state index contributed by atoms with van der Waals surface area (Å²) >= 11 is 11.9. The molecule has 1 N–H and O–H groups in total. The largest absolute Gasteiger partial charge is 0.455 e. The lowest BCUT2D eigenvalue weighted by molar-refractivity contribution is -0.385. The summed E-state index contributed by atoms with van der Waals surface area (Å²) in [6, 6.07) is 14.6. The van der Waals surface area contributed by atoms with Crippen molar-refractivity contribution in [3.8, 4) is 11.3 Å². The maximum Gasteiger partial charge on any atom is 0.273 e. The molecule has 0 fully saturated rings. The van der Waals surface area contributed by atoms with E-state index in [1.165, 1.54) is 18.3 Å². The summed E-state index contributed by atoms with van der Waals surface area (Å²) in [5.74, 6) is 0.486. The molecule has 2 aromatic carbocycles. The number of halogens is 2. The molecule has 1 amide bonds. The third kappa shape index (κ3) is 4.76. The van der Waals surface area contributed by atoms with E-state index in [9.17, 15) is 14.9 Å². The lowest BCUT2D eigenvalue weighted by Crippen LogP contribution is -2.20. The summed E-state index contributed by atoms with van der Waals surface area (Å²) in [6.07, 6.45) is 1.17. The van der Waals surface area contributed by atoms with Gasteiger partial charge in [-0.05, 0) is 30.3 Å². The number of hydrazone groups is 1. The molecule has 0 aliphatic heterocycles. The summed E-state index contributed by atoms with van der Waals surface area (Å²) in [5, 5.41) is 15.6. The number of amides is 1. The Balaban J connectivity index is 1.62. The van der Waals surface area contributed by atoms with Gasteiger partial charge in [0, 0.05) is 17.2 Å². The molecule has 3 aromatic rings. The predicted molar refractivity (Wildman–Crippen MR) is 107 cm³/mol. The number of benzene rings is 2. The highest BCUT2D eigenvalue weighted by molar-refractivity contribution is 6.42. The number of hydrogen-bond donors (Lipinski definition) is 1. The molecule has 0 aliphatic rings. The van der Waals surface area contributed by atoms with Crippen molar-refractivity contribution in [1.29, 1.82) is 0 Å². The molecule has 0 radical (unpaired) electrons. The number of furan rings is 1. The highest BCUT2D eigenvalue weighted by Gasteiger charge is 2.15. The van der Waals surface area contributed by atoms with Crippen LogP contribution in [-0.4, -0.2) is 17.0 Å². The van der Waals surface area contributed by atoms with E-state index >= 15 is 0 Å². The maximum absolute atomic E-state index is 12.0. The number of carbonyl (C=O) groups excluding carboxylic acids is 1. The van der Waals surface area contributed by atoms with Gasteiger partial charge in [-0.3, -0.25) is 14.9 Å². The highest BCUT2D eigenvalue weighted by Crippen LogP contribution is 2.29. The standard InChI is InChI=1S/C19H13Cl2N3O4/c20-15-7-5-13(9-16(15)21)18-8-6-14(28-18)11-22-23-19(25)10-12-3-1-2-4-17(12)24(26)27/h1-9,11H,10H2,(H,23,25). The van der Waals surface area contributed by atoms with Gasteiger partial charge in [0.25, 0.3) is 5.69 Å². The molecule has 0 atom stereocenters. The fraction of sp³-hybridized carbons (Fsp3) is 0.0526. The first-order valence-electron chi connectivity index (χ1n) is 8.03. The number of para-hydroxylation sites is 1. The van der Waals surface area contributed by atoms with Crippen LogP contribution in [0.1, 0.15) is 11.3 Å². The Morgan fingerprint density at radius 2 is 1.93 bits per heavy atom. The van der Waals surface area contributed by atoms with Gasteiger partial charge in [0.1, 0.15) is 11.5 Å². The van der Waals surface area contributed by atoms with Crippen LogP contribution in [0.15, 0.2) is 64.1 Å². The lowest BCUT2D eigenvalue weighted by Gasteiger charge is -2.01. The van der Waals surface area contributed by atoms with Crippen LogP contribution in [0, 0.1) is 10.1 Å². The molecule has 3 rings (SSSR count). The summed E-state index contributed by atoms with van der Waals surface area (Å²) in [5.41, 5.74) is 3.26. The Labute approximate surface area is 169 Å². The quantitative estimate of drug-likeness (QED) is 0.351. The van der Waals surface area contributed by atoms with E-state index in [2.05, 4.69) is 10.5 Å². The van der Waals surface area contributed by atoms with E-state index in [0.29, 0.717) is 27.1 Å². The van der Waals surface area contributed by atoms with E-state index in [4.69, 9.17) is 27.6 Å². The van der Waals surface area contributed by atoms with Crippen LogP contribution in [0.4, 0.5) is 5.69 Å². The zero-order valence-corrected chi connectivity index (χ0v) is 15.8. The Bertz CT molecular complexity index is 1060. The van der Waals surface area contributed by atoms with Crippen LogP contribution >= 0.6 is 23.2 Å². The predicted octanol–water partition coefficient (Wildman–Crippen LogP) is 4.85. The van der Waals surface area contributed by atoms with Crippen molar-refractivity contribution < 1.29 is 14.1 Å². The minimum Gasteiger partial charge on any atom is -0.455 e. The summed E-state index contributed by atoms with van der Waals surface area (Å²) in [7, 11) is 0. The number of nitrogens with zero attached hydrogens (tertiary/aromatic N) is 2. The monoisotopic (exact) mass is 417 g/mol. The van der Waals surface area contributed by atoms with Crippen molar-refractivity contribution in [1.82, 2.24) is 5.43 Å². The van der Waals surface area contributed by atoms with Gasteiger partial charge in [-0.15, -0.1) is 0 Å². The second-order valence-corrected chi connectivity index (χ2v) is 6.50. The van der Waals surface area contributed by atoms with E-state index in [1.807, 2.05) is 0 Å². The minimum atomic E-state index is -0.528. The first kappa shape index (κ1) is 19.6. The van der Waals surface area contributed by atoms with E-state index in [0.717, 1.165) is 5.56 Å².